The first-order valence-corrected chi connectivity index (χ1v) is 5.34. The smallest absolute Gasteiger partial charge is 0.161 e. The molecular weight excluding hydrogens is 214 g/mol. The monoisotopic (exact) mass is 227 g/mol. The summed E-state index contributed by atoms with van der Waals surface area (Å²) in [4.78, 5) is 22.6. The van der Waals surface area contributed by atoms with Gasteiger partial charge in [0.1, 0.15) is 0 Å². The average Bonchev–Trinajstić information content (AvgIpc) is 2.26. The number of Topliss-reactive ketones (excluding diaryl/α,β-unsaturated/α-hetero) is 2. The summed E-state index contributed by atoms with van der Waals surface area (Å²) in [5.41, 5.74) is 7.42. The Labute approximate surface area is 99.2 Å². The molecule has 2 rings (SSSR count). The average molecular weight is 227 g/mol. The molecule has 0 bridgehead atoms. The third-order valence-corrected chi connectivity index (χ3v) is 2.79. The molecule has 0 spiro atoms. The van der Waals surface area contributed by atoms with Crippen LogP contribution in [-0.2, 0) is 0 Å². The molecular formula is C14H13NO2. The van der Waals surface area contributed by atoms with E-state index < -0.39 is 0 Å². The Morgan fingerprint density at radius 2 is 1.65 bits per heavy atom. The van der Waals surface area contributed by atoms with Crippen molar-refractivity contribution in [3.8, 4) is 0 Å². The summed E-state index contributed by atoms with van der Waals surface area (Å²) >= 11 is 0. The van der Waals surface area contributed by atoms with Gasteiger partial charge in [0.15, 0.2) is 11.6 Å². The molecule has 0 saturated carbocycles. The van der Waals surface area contributed by atoms with Gasteiger partial charge in [0.2, 0.25) is 0 Å². The molecule has 0 aliphatic rings. The Kier molecular flexibility index (Phi) is 2.68. The minimum absolute atomic E-state index is 0.0149. The van der Waals surface area contributed by atoms with E-state index >= 15 is 0 Å². The van der Waals surface area contributed by atoms with E-state index in [0.29, 0.717) is 16.8 Å². The second kappa shape index (κ2) is 4.01. The largest absolute Gasteiger partial charge is 0.398 e. The fraction of sp³-hybridized carbons (Fsp3) is 0.143. The number of nitrogen functional groups attached to an aromatic ring is 1. The van der Waals surface area contributed by atoms with Gasteiger partial charge in [-0.05, 0) is 42.8 Å². The zero-order chi connectivity index (χ0) is 12.6. The van der Waals surface area contributed by atoms with E-state index in [1.165, 1.54) is 13.8 Å². The number of benzene rings is 2. The fourth-order valence-corrected chi connectivity index (χ4v) is 1.84. The van der Waals surface area contributed by atoms with Gasteiger partial charge in [-0.3, -0.25) is 9.59 Å². The molecule has 2 aromatic carbocycles. The maximum atomic E-state index is 11.4. The van der Waals surface area contributed by atoms with Crippen molar-refractivity contribution < 1.29 is 9.59 Å². The summed E-state index contributed by atoms with van der Waals surface area (Å²) in [5, 5.41) is 1.79. The van der Waals surface area contributed by atoms with Crippen molar-refractivity contribution in [1.82, 2.24) is 0 Å². The molecule has 0 aliphatic carbocycles. The number of nitrogens with two attached hydrogens (primary N) is 1. The van der Waals surface area contributed by atoms with Crippen LogP contribution in [0.4, 0.5) is 5.69 Å². The first-order chi connectivity index (χ1) is 7.99. The lowest BCUT2D eigenvalue weighted by Crippen LogP contribution is -2.00. The zero-order valence-electron chi connectivity index (χ0n) is 9.78. The molecule has 0 saturated heterocycles. The van der Waals surface area contributed by atoms with Gasteiger partial charge in [-0.2, -0.15) is 0 Å². The van der Waals surface area contributed by atoms with E-state index in [2.05, 4.69) is 0 Å². The van der Waals surface area contributed by atoms with Crippen molar-refractivity contribution in [2.45, 2.75) is 13.8 Å². The maximum absolute atomic E-state index is 11.4. The molecule has 3 nitrogen and oxygen atoms in total. The summed E-state index contributed by atoms with van der Waals surface area (Å²) < 4.78 is 0. The number of ketones is 2. The van der Waals surface area contributed by atoms with Crippen LogP contribution >= 0.6 is 0 Å². The van der Waals surface area contributed by atoms with Gasteiger partial charge in [-0.15, -0.1) is 0 Å². The molecule has 0 aliphatic heterocycles. The number of carbonyl (C=O) groups is 2. The predicted octanol–water partition coefficient (Wildman–Crippen LogP) is 2.83. The highest BCUT2D eigenvalue weighted by Gasteiger charge is 2.08. The van der Waals surface area contributed by atoms with Crippen LogP contribution in [0.25, 0.3) is 10.8 Å². The molecule has 0 amide bonds. The van der Waals surface area contributed by atoms with E-state index in [-0.39, 0.29) is 11.6 Å². The third kappa shape index (κ3) is 2.04. The molecule has 0 heterocycles. The van der Waals surface area contributed by atoms with Gasteiger partial charge in [-0.1, -0.05) is 12.1 Å². The third-order valence-electron chi connectivity index (χ3n) is 2.79. The van der Waals surface area contributed by atoms with E-state index in [1.54, 1.807) is 24.3 Å². The molecule has 0 unspecified atom stereocenters. The number of carbonyl (C=O) groups excluding carboxylic acids is 2. The molecule has 2 aromatic rings. The molecule has 0 fully saturated rings. The van der Waals surface area contributed by atoms with Crippen LogP contribution in [-0.4, -0.2) is 11.6 Å². The summed E-state index contributed by atoms with van der Waals surface area (Å²) in [5.74, 6) is -0.0406. The van der Waals surface area contributed by atoms with Gasteiger partial charge in [-0.25, -0.2) is 0 Å². The summed E-state index contributed by atoms with van der Waals surface area (Å²) in [7, 11) is 0. The van der Waals surface area contributed by atoms with Gasteiger partial charge in [0, 0.05) is 16.8 Å². The minimum Gasteiger partial charge on any atom is -0.398 e. The van der Waals surface area contributed by atoms with Gasteiger partial charge in [0.05, 0.1) is 0 Å². The maximum Gasteiger partial charge on any atom is 0.161 e. The Hall–Kier alpha value is -2.16. The van der Waals surface area contributed by atoms with E-state index in [0.717, 1.165) is 10.8 Å². The number of rotatable bonds is 2. The molecule has 0 radical (unpaired) electrons. The number of fused-ring (bicyclic) bond motifs is 1. The Balaban J connectivity index is 2.70. The van der Waals surface area contributed by atoms with Crippen molar-refractivity contribution in [3.05, 3.63) is 41.5 Å². The van der Waals surface area contributed by atoms with Gasteiger partial charge < -0.3 is 5.73 Å². The first kappa shape index (κ1) is 11.3. The second-order valence-electron chi connectivity index (χ2n) is 4.11. The van der Waals surface area contributed by atoms with Gasteiger partial charge in [0.25, 0.3) is 0 Å². The summed E-state index contributed by atoms with van der Waals surface area (Å²) in [6.07, 6.45) is 0. The zero-order valence-corrected chi connectivity index (χ0v) is 9.78. The number of hydrogen-bond acceptors (Lipinski definition) is 3. The Morgan fingerprint density at radius 1 is 0.941 bits per heavy atom. The molecule has 0 aromatic heterocycles. The van der Waals surface area contributed by atoms with Crippen LogP contribution in [0, 0.1) is 0 Å². The van der Waals surface area contributed by atoms with Crippen molar-refractivity contribution >= 4 is 28.0 Å². The summed E-state index contributed by atoms with van der Waals surface area (Å²) in [6, 6.07) is 8.87. The van der Waals surface area contributed by atoms with Crippen LogP contribution in [0.1, 0.15) is 34.6 Å². The second-order valence-corrected chi connectivity index (χ2v) is 4.11. The van der Waals surface area contributed by atoms with Crippen LogP contribution in [0.3, 0.4) is 0 Å². The number of hydrogen-bond donors (Lipinski definition) is 1. The van der Waals surface area contributed by atoms with E-state index in [9.17, 15) is 9.59 Å². The molecule has 0 atom stereocenters. The van der Waals surface area contributed by atoms with E-state index in [4.69, 9.17) is 5.73 Å². The van der Waals surface area contributed by atoms with Crippen molar-refractivity contribution in [1.29, 1.82) is 0 Å². The summed E-state index contributed by atoms with van der Waals surface area (Å²) in [6.45, 7) is 3.01. The van der Waals surface area contributed by atoms with Crippen molar-refractivity contribution in [2.24, 2.45) is 0 Å². The van der Waals surface area contributed by atoms with Crippen LogP contribution in [0.5, 0.6) is 0 Å². The highest BCUT2D eigenvalue weighted by atomic mass is 16.1. The molecule has 3 heteroatoms. The normalized spacial score (nSPS) is 10.5. The number of anilines is 1. The first-order valence-electron chi connectivity index (χ1n) is 5.34. The standard InChI is InChI=1S/C14H13NO2/c1-8(16)10-3-4-11-6-13(9(2)17)14(15)7-12(11)5-10/h3-7H,15H2,1-2H3. The predicted molar refractivity (Wildman–Crippen MR) is 68.4 cm³/mol. The Morgan fingerprint density at radius 3 is 2.24 bits per heavy atom. The highest BCUT2D eigenvalue weighted by Crippen LogP contribution is 2.23. The molecule has 17 heavy (non-hydrogen) atoms. The topological polar surface area (TPSA) is 60.2 Å². The highest BCUT2D eigenvalue weighted by molar-refractivity contribution is 6.05. The molecule has 86 valence electrons. The van der Waals surface area contributed by atoms with E-state index in [1.807, 2.05) is 6.07 Å². The van der Waals surface area contributed by atoms with Crippen LogP contribution in [0.2, 0.25) is 0 Å². The lowest BCUT2D eigenvalue weighted by atomic mass is 10.00. The van der Waals surface area contributed by atoms with Crippen molar-refractivity contribution in [3.63, 3.8) is 0 Å². The minimum atomic E-state index is -0.0555. The lowest BCUT2D eigenvalue weighted by Gasteiger charge is -2.06. The fourth-order valence-electron chi connectivity index (χ4n) is 1.84. The van der Waals surface area contributed by atoms with Crippen LogP contribution < -0.4 is 5.73 Å². The lowest BCUT2D eigenvalue weighted by molar-refractivity contribution is 0.100. The SMILES string of the molecule is CC(=O)c1ccc2cc(C(C)=O)c(N)cc2c1. The van der Waals surface area contributed by atoms with Crippen LogP contribution in [0.15, 0.2) is 30.3 Å². The van der Waals surface area contributed by atoms with Crippen molar-refractivity contribution in [2.75, 3.05) is 5.73 Å². The quantitative estimate of drug-likeness (QED) is 0.634. The Bertz CT molecular complexity index is 629. The molecule has 2 N–H and O–H groups in total. The van der Waals surface area contributed by atoms with Gasteiger partial charge >= 0.3 is 0 Å².